The second-order valence-electron chi connectivity index (χ2n) is 9.21. The third kappa shape index (κ3) is 5.57. The molecule has 3 heterocycles. The van der Waals surface area contributed by atoms with Crippen LogP contribution in [0.2, 0.25) is 5.02 Å². The number of benzene rings is 2. The van der Waals surface area contributed by atoms with E-state index in [1.54, 1.807) is 37.4 Å². The normalized spacial score (nSPS) is 17.3. The molecule has 0 aliphatic carbocycles. The van der Waals surface area contributed by atoms with Crippen LogP contribution in [0, 0.1) is 0 Å². The van der Waals surface area contributed by atoms with Gasteiger partial charge in [0.25, 0.3) is 5.91 Å². The summed E-state index contributed by atoms with van der Waals surface area (Å²) >= 11 is 6.41. The zero-order chi connectivity index (χ0) is 26.6. The highest BCUT2D eigenvalue weighted by molar-refractivity contribution is 6.33. The van der Waals surface area contributed by atoms with Gasteiger partial charge in [-0.25, -0.2) is 9.97 Å². The molecule has 11 heteroatoms. The molecule has 2 atom stereocenters. The molecule has 1 aromatic heterocycles. The SMILES string of the molecule is COc1cccc(C(CO)NC(=O)CN2Cc3ccc(-c4nc(NC5CCOC5)ncc4Cl)cc3C2=O)c1. The second-order valence-corrected chi connectivity index (χ2v) is 9.61. The number of nitrogens with zero attached hydrogens (tertiary/aromatic N) is 3. The fourth-order valence-corrected chi connectivity index (χ4v) is 4.81. The summed E-state index contributed by atoms with van der Waals surface area (Å²) in [4.78, 5) is 36.3. The highest BCUT2D eigenvalue weighted by Gasteiger charge is 2.30. The lowest BCUT2D eigenvalue weighted by Gasteiger charge is -2.20. The van der Waals surface area contributed by atoms with Crippen LogP contribution in [0.25, 0.3) is 11.3 Å². The van der Waals surface area contributed by atoms with E-state index in [1.165, 1.54) is 11.1 Å². The Hall–Kier alpha value is -3.73. The Balaban J connectivity index is 1.27. The molecule has 2 unspecified atom stereocenters. The Morgan fingerprint density at radius 1 is 1.32 bits per heavy atom. The van der Waals surface area contributed by atoms with Crippen LogP contribution in [-0.4, -0.2) is 71.3 Å². The fourth-order valence-electron chi connectivity index (χ4n) is 4.61. The number of aromatic nitrogens is 2. The van der Waals surface area contributed by atoms with Gasteiger partial charge in [-0.05, 0) is 35.7 Å². The number of carbonyl (C=O) groups is 2. The quantitative estimate of drug-likeness (QED) is 0.380. The van der Waals surface area contributed by atoms with Crippen LogP contribution < -0.4 is 15.4 Å². The van der Waals surface area contributed by atoms with E-state index in [-0.39, 0.29) is 31.0 Å². The summed E-state index contributed by atoms with van der Waals surface area (Å²) in [5.41, 5.74) is 3.20. The van der Waals surface area contributed by atoms with E-state index in [2.05, 4.69) is 20.6 Å². The topological polar surface area (TPSA) is 126 Å². The summed E-state index contributed by atoms with van der Waals surface area (Å²) in [6.45, 7) is 1.16. The minimum Gasteiger partial charge on any atom is -0.497 e. The predicted octanol–water partition coefficient (Wildman–Crippen LogP) is 2.81. The van der Waals surface area contributed by atoms with Crippen molar-refractivity contribution in [3.63, 3.8) is 0 Å². The molecule has 0 spiro atoms. The second kappa shape index (κ2) is 11.3. The maximum atomic E-state index is 13.2. The van der Waals surface area contributed by atoms with Gasteiger partial charge < -0.3 is 30.1 Å². The summed E-state index contributed by atoms with van der Waals surface area (Å²) in [5.74, 6) is 0.430. The van der Waals surface area contributed by atoms with Gasteiger partial charge in [-0.15, -0.1) is 0 Å². The first kappa shape index (κ1) is 25.9. The van der Waals surface area contributed by atoms with Crippen molar-refractivity contribution in [1.82, 2.24) is 20.2 Å². The number of hydrogen-bond donors (Lipinski definition) is 3. The number of amides is 2. The van der Waals surface area contributed by atoms with E-state index >= 15 is 0 Å². The summed E-state index contributed by atoms with van der Waals surface area (Å²) in [6, 6.07) is 12.1. The van der Waals surface area contributed by atoms with Crippen molar-refractivity contribution < 1.29 is 24.2 Å². The predicted molar refractivity (Wildman–Crippen MR) is 141 cm³/mol. The zero-order valence-electron chi connectivity index (χ0n) is 20.8. The number of carbonyl (C=O) groups excluding carboxylic acids is 2. The Morgan fingerprint density at radius 2 is 2.18 bits per heavy atom. The number of aliphatic hydroxyl groups excluding tert-OH is 1. The first-order valence-electron chi connectivity index (χ1n) is 12.3. The number of halogens is 1. The van der Waals surface area contributed by atoms with Gasteiger partial charge in [-0.1, -0.05) is 35.9 Å². The maximum Gasteiger partial charge on any atom is 0.254 e. The van der Waals surface area contributed by atoms with Gasteiger partial charge in [0.1, 0.15) is 12.3 Å². The van der Waals surface area contributed by atoms with Gasteiger partial charge in [-0.2, -0.15) is 0 Å². The number of fused-ring (bicyclic) bond motifs is 1. The van der Waals surface area contributed by atoms with Gasteiger partial charge in [0.05, 0.1) is 49.3 Å². The number of nitrogens with one attached hydrogen (secondary N) is 2. The smallest absolute Gasteiger partial charge is 0.254 e. The Kier molecular flexibility index (Phi) is 7.73. The average Bonchev–Trinajstić information content (AvgIpc) is 3.55. The largest absolute Gasteiger partial charge is 0.497 e. The zero-order valence-corrected chi connectivity index (χ0v) is 21.6. The minimum absolute atomic E-state index is 0.139. The van der Waals surface area contributed by atoms with Gasteiger partial charge in [0.2, 0.25) is 11.9 Å². The molecule has 5 rings (SSSR count). The molecule has 198 valence electrons. The number of hydrogen-bond acceptors (Lipinski definition) is 8. The molecule has 3 aromatic rings. The summed E-state index contributed by atoms with van der Waals surface area (Å²) < 4.78 is 10.6. The van der Waals surface area contributed by atoms with Crippen LogP contribution in [0.1, 0.15) is 33.9 Å². The number of methoxy groups -OCH3 is 1. The number of anilines is 1. The Labute approximate surface area is 224 Å². The monoisotopic (exact) mass is 537 g/mol. The molecule has 2 aliphatic heterocycles. The molecule has 3 N–H and O–H groups in total. The highest BCUT2D eigenvalue weighted by Crippen LogP contribution is 2.31. The number of rotatable bonds is 9. The van der Waals surface area contributed by atoms with Crippen molar-refractivity contribution in [3.05, 3.63) is 70.4 Å². The van der Waals surface area contributed by atoms with Crippen molar-refractivity contribution in [2.75, 3.05) is 38.8 Å². The summed E-state index contributed by atoms with van der Waals surface area (Å²) in [6.07, 6.45) is 2.41. The molecule has 0 saturated carbocycles. The van der Waals surface area contributed by atoms with Crippen LogP contribution in [0.15, 0.2) is 48.7 Å². The number of aliphatic hydroxyl groups is 1. The van der Waals surface area contributed by atoms with E-state index in [1.807, 2.05) is 12.1 Å². The molecule has 1 fully saturated rings. The van der Waals surface area contributed by atoms with Crippen molar-refractivity contribution in [3.8, 4) is 17.0 Å². The fraction of sp³-hybridized carbons (Fsp3) is 0.333. The molecule has 10 nitrogen and oxygen atoms in total. The van der Waals surface area contributed by atoms with Crippen LogP contribution in [0.5, 0.6) is 5.75 Å². The third-order valence-corrected chi connectivity index (χ3v) is 6.89. The first-order valence-corrected chi connectivity index (χ1v) is 12.7. The summed E-state index contributed by atoms with van der Waals surface area (Å²) in [5, 5.41) is 16.3. The van der Waals surface area contributed by atoms with Crippen molar-refractivity contribution >= 4 is 29.4 Å². The molecular formula is C27H28ClN5O5. The van der Waals surface area contributed by atoms with Gasteiger partial charge in [-0.3, -0.25) is 9.59 Å². The van der Waals surface area contributed by atoms with Crippen LogP contribution in [-0.2, 0) is 16.1 Å². The van der Waals surface area contributed by atoms with Gasteiger partial charge in [0, 0.05) is 24.3 Å². The van der Waals surface area contributed by atoms with Crippen molar-refractivity contribution in [2.24, 2.45) is 0 Å². The minimum atomic E-state index is -0.622. The third-order valence-electron chi connectivity index (χ3n) is 6.62. The highest BCUT2D eigenvalue weighted by atomic mass is 35.5. The summed E-state index contributed by atoms with van der Waals surface area (Å²) in [7, 11) is 1.55. The molecule has 2 aliphatic rings. The van der Waals surface area contributed by atoms with Gasteiger partial charge >= 0.3 is 0 Å². The van der Waals surface area contributed by atoms with E-state index in [0.717, 1.165) is 12.0 Å². The molecule has 2 aromatic carbocycles. The number of ether oxygens (including phenoxy) is 2. The Bertz CT molecular complexity index is 1350. The Morgan fingerprint density at radius 3 is 2.95 bits per heavy atom. The van der Waals surface area contributed by atoms with E-state index < -0.39 is 6.04 Å². The lowest BCUT2D eigenvalue weighted by atomic mass is 10.0. The van der Waals surface area contributed by atoms with Crippen molar-refractivity contribution in [1.29, 1.82) is 0 Å². The molecule has 0 radical (unpaired) electrons. The van der Waals surface area contributed by atoms with Gasteiger partial charge in [0.15, 0.2) is 0 Å². The maximum absolute atomic E-state index is 13.2. The average molecular weight is 538 g/mol. The lowest BCUT2D eigenvalue weighted by Crippen LogP contribution is -2.40. The standard InChI is InChI=1S/C27H28ClN5O5/c1-37-20-4-2-3-16(9-20)23(14-34)31-24(35)13-33-12-18-6-5-17(10-21(18)26(33)36)25-22(28)11-29-27(32-25)30-19-7-8-38-15-19/h2-6,9-11,19,23,34H,7-8,12-15H2,1H3,(H,31,35)(H,29,30,32). The van der Waals surface area contributed by atoms with E-state index in [4.69, 9.17) is 21.1 Å². The first-order chi connectivity index (χ1) is 18.4. The molecular weight excluding hydrogens is 510 g/mol. The molecule has 2 amide bonds. The molecule has 1 saturated heterocycles. The van der Waals surface area contributed by atoms with Crippen molar-refractivity contribution in [2.45, 2.75) is 25.0 Å². The molecule has 0 bridgehead atoms. The lowest BCUT2D eigenvalue weighted by molar-refractivity contribution is -0.122. The van der Waals surface area contributed by atoms with E-state index in [9.17, 15) is 14.7 Å². The molecule has 38 heavy (non-hydrogen) atoms. The van der Waals surface area contributed by atoms with Crippen LogP contribution >= 0.6 is 11.6 Å². The van der Waals surface area contributed by atoms with Crippen LogP contribution in [0.3, 0.4) is 0 Å². The van der Waals surface area contributed by atoms with Crippen LogP contribution in [0.4, 0.5) is 5.95 Å². The van der Waals surface area contributed by atoms with E-state index in [0.29, 0.717) is 58.9 Å².